The van der Waals surface area contributed by atoms with Gasteiger partial charge in [-0.15, -0.1) is 10.2 Å². The van der Waals surface area contributed by atoms with Crippen LogP contribution in [0.1, 0.15) is 24.7 Å². The molecule has 0 aliphatic heterocycles. The van der Waals surface area contributed by atoms with Gasteiger partial charge in [-0.1, -0.05) is 30.0 Å². The number of carbonyl (C=O) groups excluding carboxylic acids is 2. The molecule has 1 aromatic heterocycles. The number of hydrogen-bond donors (Lipinski definition) is 2. The molecular formula is C17H23N5O3S. The molecule has 0 saturated carbocycles. The van der Waals surface area contributed by atoms with Crippen molar-refractivity contribution in [1.29, 1.82) is 0 Å². The molecule has 0 bridgehead atoms. The third-order valence-electron chi connectivity index (χ3n) is 3.82. The maximum Gasteiger partial charge on any atom is 0.233 e. The molecule has 0 spiro atoms. The second-order valence-electron chi connectivity index (χ2n) is 5.71. The number of nitrogens with one attached hydrogen (secondary N) is 1. The first-order chi connectivity index (χ1) is 12.4. The summed E-state index contributed by atoms with van der Waals surface area (Å²) in [5, 5.41) is 11.3. The van der Waals surface area contributed by atoms with Crippen molar-refractivity contribution in [2.24, 2.45) is 12.8 Å². The van der Waals surface area contributed by atoms with Gasteiger partial charge in [0, 0.05) is 32.0 Å². The summed E-state index contributed by atoms with van der Waals surface area (Å²) in [5.41, 5.74) is 6.07. The van der Waals surface area contributed by atoms with E-state index in [2.05, 4.69) is 15.5 Å². The highest BCUT2D eigenvalue weighted by Crippen LogP contribution is 2.22. The Morgan fingerprint density at radius 2 is 2.08 bits per heavy atom. The van der Waals surface area contributed by atoms with E-state index in [1.165, 1.54) is 11.8 Å². The number of aromatic nitrogens is 3. The molecule has 0 aliphatic carbocycles. The monoisotopic (exact) mass is 377 g/mol. The summed E-state index contributed by atoms with van der Waals surface area (Å²) in [6.07, 6.45) is 0.638. The fraction of sp³-hybridized carbons (Fsp3) is 0.412. The van der Waals surface area contributed by atoms with E-state index in [1.807, 2.05) is 24.3 Å². The molecular weight excluding hydrogens is 354 g/mol. The first-order valence-corrected chi connectivity index (χ1v) is 9.03. The molecule has 0 saturated heterocycles. The minimum atomic E-state index is -0.383. The number of thioether (sulfide) groups is 1. The Bertz CT molecular complexity index is 778. The second-order valence-corrected chi connectivity index (χ2v) is 7.02. The zero-order valence-corrected chi connectivity index (χ0v) is 15.9. The van der Waals surface area contributed by atoms with Crippen LogP contribution in [-0.4, -0.2) is 38.9 Å². The van der Waals surface area contributed by atoms with Crippen molar-refractivity contribution in [1.82, 2.24) is 20.1 Å². The molecule has 3 N–H and O–H groups in total. The highest BCUT2D eigenvalue weighted by atomic mass is 32.2. The number of hydrogen-bond acceptors (Lipinski definition) is 6. The van der Waals surface area contributed by atoms with E-state index in [9.17, 15) is 9.59 Å². The number of methoxy groups -OCH3 is 1. The Morgan fingerprint density at radius 3 is 2.77 bits per heavy atom. The fourth-order valence-electron chi connectivity index (χ4n) is 2.29. The summed E-state index contributed by atoms with van der Waals surface area (Å²) in [6, 6.07) is 7.54. The van der Waals surface area contributed by atoms with Crippen LogP contribution >= 0.6 is 11.8 Å². The van der Waals surface area contributed by atoms with E-state index < -0.39 is 0 Å². The summed E-state index contributed by atoms with van der Waals surface area (Å²) in [4.78, 5) is 23.3. The molecule has 26 heavy (non-hydrogen) atoms. The number of nitrogens with zero attached hydrogens (tertiary/aromatic N) is 3. The van der Waals surface area contributed by atoms with E-state index in [0.717, 1.165) is 11.3 Å². The topological polar surface area (TPSA) is 112 Å². The van der Waals surface area contributed by atoms with Gasteiger partial charge in [-0.2, -0.15) is 0 Å². The average molecular weight is 377 g/mol. The number of rotatable bonds is 9. The lowest BCUT2D eigenvalue weighted by molar-refractivity contribution is -0.120. The van der Waals surface area contributed by atoms with E-state index >= 15 is 0 Å². The lowest BCUT2D eigenvalue weighted by Gasteiger charge is -2.13. The molecule has 1 heterocycles. The van der Waals surface area contributed by atoms with Gasteiger partial charge in [-0.05, 0) is 13.0 Å². The van der Waals surface area contributed by atoms with Gasteiger partial charge in [0.1, 0.15) is 11.6 Å². The lowest BCUT2D eigenvalue weighted by Crippen LogP contribution is -2.30. The highest BCUT2D eigenvalue weighted by molar-refractivity contribution is 8.00. The van der Waals surface area contributed by atoms with Crippen LogP contribution in [0.4, 0.5) is 0 Å². The van der Waals surface area contributed by atoms with E-state index in [0.29, 0.717) is 23.9 Å². The Morgan fingerprint density at radius 1 is 1.35 bits per heavy atom. The van der Waals surface area contributed by atoms with Gasteiger partial charge in [0.05, 0.1) is 12.4 Å². The van der Waals surface area contributed by atoms with Crippen molar-refractivity contribution in [2.75, 3.05) is 7.11 Å². The smallest absolute Gasteiger partial charge is 0.233 e. The third kappa shape index (κ3) is 5.22. The van der Waals surface area contributed by atoms with Gasteiger partial charge < -0.3 is 20.4 Å². The maximum atomic E-state index is 12.4. The summed E-state index contributed by atoms with van der Waals surface area (Å²) >= 11 is 1.31. The normalized spacial score (nSPS) is 11.8. The van der Waals surface area contributed by atoms with Crippen LogP contribution in [0.15, 0.2) is 29.4 Å². The van der Waals surface area contributed by atoms with Gasteiger partial charge in [0.2, 0.25) is 11.8 Å². The minimum Gasteiger partial charge on any atom is -0.496 e. The second kappa shape index (κ2) is 9.23. The molecule has 1 aromatic carbocycles. The molecule has 0 radical (unpaired) electrons. The van der Waals surface area contributed by atoms with Crippen molar-refractivity contribution in [2.45, 2.75) is 36.7 Å². The number of carbonyl (C=O) groups is 2. The average Bonchev–Trinajstić information content (AvgIpc) is 2.97. The van der Waals surface area contributed by atoms with Gasteiger partial charge >= 0.3 is 0 Å². The van der Waals surface area contributed by atoms with Crippen LogP contribution in [-0.2, 0) is 29.6 Å². The molecule has 0 fully saturated rings. The van der Waals surface area contributed by atoms with Crippen LogP contribution in [0.3, 0.4) is 0 Å². The van der Waals surface area contributed by atoms with Crippen LogP contribution in [0.2, 0.25) is 0 Å². The Hall–Kier alpha value is -2.55. The minimum absolute atomic E-state index is 0.109. The van der Waals surface area contributed by atoms with Crippen LogP contribution in [0.5, 0.6) is 5.75 Å². The molecule has 0 unspecified atom stereocenters. The molecule has 140 valence electrons. The number of aryl methyl sites for hydroxylation is 1. The summed E-state index contributed by atoms with van der Waals surface area (Å²) in [5.74, 6) is 0.905. The summed E-state index contributed by atoms with van der Waals surface area (Å²) in [7, 11) is 3.40. The molecule has 2 rings (SSSR count). The van der Waals surface area contributed by atoms with Crippen LogP contribution < -0.4 is 15.8 Å². The number of amides is 2. The SMILES string of the molecule is COc1ccccc1CNC(=O)[C@@H](C)Sc1nnc(CCC(N)=O)n1C. The van der Waals surface area contributed by atoms with Gasteiger partial charge in [-0.3, -0.25) is 9.59 Å². The van der Waals surface area contributed by atoms with Gasteiger partial charge in [0.15, 0.2) is 5.16 Å². The molecule has 2 aromatic rings. The van der Waals surface area contributed by atoms with E-state index in [4.69, 9.17) is 10.5 Å². The Kier molecular flexibility index (Phi) is 7.02. The molecule has 1 atom stereocenters. The summed E-state index contributed by atoms with van der Waals surface area (Å²) in [6.45, 7) is 2.19. The first kappa shape index (κ1) is 19.8. The van der Waals surface area contributed by atoms with Crippen LogP contribution in [0.25, 0.3) is 0 Å². The number of ether oxygens (including phenoxy) is 1. The van der Waals surface area contributed by atoms with Crippen molar-refractivity contribution < 1.29 is 14.3 Å². The van der Waals surface area contributed by atoms with Gasteiger partial charge in [0.25, 0.3) is 0 Å². The van der Waals surface area contributed by atoms with Crippen molar-refractivity contribution in [3.8, 4) is 5.75 Å². The maximum absolute atomic E-state index is 12.4. The highest BCUT2D eigenvalue weighted by Gasteiger charge is 2.19. The fourth-order valence-corrected chi connectivity index (χ4v) is 3.15. The Balaban J connectivity index is 1.92. The largest absolute Gasteiger partial charge is 0.496 e. The number of primary amides is 1. The molecule has 8 nitrogen and oxygen atoms in total. The molecule has 9 heteroatoms. The molecule has 0 aliphatic rings. The predicted molar refractivity (Wildman–Crippen MR) is 98.7 cm³/mol. The van der Waals surface area contributed by atoms with E-state index in [1.54, 1.807) is 25.6 Å². The molecule has 2 amide bonds. The predicted octanol–water partition coefficient (Wildman–Crippen LogP) is 1.04. The van der Waals surface area contributed by atoms with Crippen molar-refractivity contribution in [3.63, 3.8) is 0 Å². The van der Waals surface area contributed by atoms with Crippen LogP contribution in [0, 0.1) is 0 Å². The Labute approximate surface area is 156 Å². The zero-order chi connectivity index (χ0) is 19.1. The summed E-state index contributed by atoms with van der Waals surface area (Å²) < 4.78 is 7.06. The van der Waals surface area contributed by atoms with Crippen molar-refractivity contribution in [3.05, 3.63) is 35.7 Å². The van der Waals surface area contributed by atoms with Crippen molar-refractivity contribution >= 4 is 23.6 Å². The first-order valence-electron chi connectivity index (χ1n) is 8.15. The number of benzene rings is 1. The zero-order valence-electron chi connectivity index (χ0n) is 15.1. The number of nitrogens with two attached hydrogens (primary N) is 1. The van der Waals surface area contributed by atoms with Gasteiger partial charge in [-0.25, -0.2) is 0 Å². The third-order valence-corrected chi connectivity index (χ3v) is 4.95. The quantitative estimate of drug-likeness (QED) is 0.632. The standard InChI is InChI=1S/C17H23N5O3S/c1-11(16(24)19-10-12-6-4-5-7-13(12)25-3)26-17-21-20-15(22(17)2)9-8-14(18)23/h4-7,11H,8-10H2,1-3H3,(H2,18,23)(H,19,24)/t11-/m1/s1. The number of para-hydroxylation sites is 1. The van der Waals surface area contributed by atoms with E-state index in [-0.39, 0.29) is 23.5 Å². The lowest BCUT2D eigenvalue weighted by atomic mass is 10.2.